The van der Waals surface area contributed by atoms with Gasteiger partial charge in [0.2, 0.25) is 11.1 Å². The van der Waals surface area contributed by atoms with E-state index < -0.39 is 9.84 Å². The Bertz CT molecular complexity index is 989. The van der Waals surface area contributed by atoms with Crippen molar-refractivity contribution >= 4 is 39.1 Å². The number of nitrogens with zero attached hydrogens (tertiary/aromatic N) is 4. The van der Waals surface area contributed by atoms with E-state index in [1.165, 1.54) is 16.4 Å². The van der Waals surface area contributed by atoms with Crippen molar-refractivity contribution in [2.24, 2.45) is 0 Å². The predicted octanol–water partition coefficient (Wildman–Crippen LogP) is 1.58. The molecule has 11 heteroatoms. The third kappa shape index (κ3) is 4.13. The first-order valence-corrected chi connectivity index (χ1v) is 12.1. The van der Waals surface area contributed by atoms with Crippen molar-refractivity contribution in [3.8, 4) is 11.4 Å². The number of halogens is 1. The fourth-order valence-corrected chi connectivity index (χ4v) is 5.99. The molecule has 2 N–H and O–H groups in total. The van der Waals surface area contributed by atoms with Gasteiger partial charge in [0, 0.05) is 22.7 Å². The Morgan fingerprint density at radius 1 is 1.21 bits per heavy atom. The Morgan fingerprint density at radius 2 is 1.93 bits per heavy atom. The third-order valence-corrected chi connectivity index (χ3v) is 7.85. The van der Waals surface area contributed by atoms with E-state index >= 15 is 0 Å². The third-order valence-electron chi connectivity index (χ3n) is 4.92. The summed E-state index contributed by atoms with van der Waals surface area (Å²) in [4.78, 5) is 14.6. The smallest absolute Gasteiger partial charge is 0.233 e. The van der Waals surface area contributed by atoms with Gasteiger partial charge in [-0.3, -0.25) is 4.79 Å². The molecule has 1 aromatic heterocycles. The lowest BCUT2D eigenvalue weighted by Gasteiger charge is -2.28. The van der Waals surface area contributed by atoms with Crippen LogP contribution in [-0.4, -0.2) is 63.4 Å². The van der Waals surface area contributed by atoms with Gasteiger partial charge in [-0.25, -0.2) is 13.1 Å². The number of sulfone groups is 1. The molecule has 4 rings (SSSR count). The highest BCUT2D eigenvalue weighted by molar-refractivity contribution is 7.99. The maximum Gasteiger partial charge on any atom is 0.233 e. The molecular weight excluding hydrogens is 422 g/mol. The number of rotatable bonds is 6. The van der Waals surface area contributed by atoms with E-state index in [0.717, 1.165) is 18.4 Å². The molecule has 150 valence electrons. The largest absolute Gasteiger partial charge is 0.335 e. The molecule has 0 spiro atoms. The van der Waals surface area contributed by atoms with Crippen LogP contribution in [0, 0.1) is 0 Å². The summed E-state index contributed by atoms with van der Waals surface area (Å²) in [6.07, 6.45) is 2.38. The minimum atomic E-state index is -3.04. The Kier molecular flexibility index (Phi) is 5.28. The molecule has 1 amide bonds. The number of amides is 1. The quantitative estimate of drug-likeness (QED) is 0.535. The van der Waals surface area contributed by atoms with E-state index in [0.29, 0.717) is 22.4 Å². The first-order valence-electron chi connectivity index (χ1n) is 8.95. The standard InChI is InChI=1S/C17H20ClN5O3S2/c18-12-3-1-11(2-4-12)16-20-21-17(23(16)19)27-9-15(24)22(13-5-6-13)14-7-8-28(25,26)10-14/h1-4,13-14H,5-10,19H2/t14-/m1/s1. The molecule has 2 fully saturated rings. The number of hydrogen-bond acceptors (Lipinski definition) is 7. The highest BCUT2D eigenvalue weighted by Crippen LogP contribution is 2.33. The second-order valence-corrected chi connectivity index (χ2v) is 10.7. The van der Waals surface area contributed by atoms with Crippen LogP contribution in [0.15, 0.2) is 29.4 Å². The van der Waals surface area contributed by atoms with Gasteiger partial charge in [0.05, 0.1) is 17.3 Å². The number of aromatic nitrogens is 3. The maximum absolute atomic E-state index is 12.8. The van der Waals surface area contributed by atoms with Crippen LogP contribution in [0.2, 0.25) is 5.02 Å². The van der Waals surface area contributed by atoms with Gasteiger partial charge in [-0.15, -0.1) is 10.2 Å². The summed E-state index contributed by atoms with van der Waals surface area (Å²) in [6.45, 7) is 0. The van der Waals surface area contributed by atoms with E-state index in [1.807, 2.05) is 0 Å². The Balaban J connectivity index is 1.44. The molecule has 1 aromatic carbocycles. The van der Waals surface area contributed by atoms with Crippen LogP contribution in [0.5, 0.6) is 0 Å². The lowest BCUT2D eigenvalue weighted by Crippen LogP contribution is -2.43. The molecule has 1 aliphatic heterocycles. The van der Waals surface area contributed by atoms with Crippen LogP contribution in [0.3, 0.4) is 0 Å². The van der Waals surface area contributed by atoms with Gasteiger partial charge in [0.1, 0.15) is 0 Å². The van der Waals surface area contributed by atoms with Crippen LogP contribution in [0.25, 0.3) is 11.4 Å². The lowest BCUT2D eigenvalue weighted by molar-refractivity contribution is -0.130. The van der Waals surface area contributed by atoms with Gasteiger partial charge in [-0.05, 0) is 43.5 Å². The average Bonchev–Trinajstić information content (AvgIpc) is 3.32. The van der Waals surface area contributed by atoms with Crippen LogP contribution in [0.1, 0.15) is 19.3 Å². The average molecular weight is 442 g/mol. The molecular formula is C17H20ClN5O3S2. The molecule has 0 radical (unpaired) electrons. The molecule has 1 aliphatic carbocycles. The number of carbonyl (C=O) groups is 1. The molecule has 1 saturated carbocycles. The van der Waals surface area contributed by atoms with Crippen molar-refractivity contribution < 1.29 is 13.2 Å². The van der Waals surface area contributed by atoms with Crippen LogP contribution in [0.4, 0.5) is 0 Å². The minimum Gasteiger partial charge on any atom is -0.335 e. The first kappa shape index (κ1) is 19.5. The summed E-state index contributed by atoms with van der Waals surface area (Å²) in [6, 6.07) is 7.02. The summed E-state index contributed by atoms with van der Waals surface area (Å²) in [5.41, 5.74) is 0.772. The Hall–Kier alpha value is -1.78. The van der Waals surface area contributed by atoms with Crippen LogP contribution >= 0.6 is 23.4 Å². The van der Waals surface area contributed by atoms with E-state index in [2.05, 4.69) is 10.2 Å². The summed E-state index contributed by atoms with van der Waals surface area (Å²) in [5.74, 6) is 6.86. The van der Waals surface area contributed by atoms with Crippen LogP contribution < -0.4 is 5.84 Å². The highest BCUT2D eigenvalue weighted by atomic mass is 35.5. The zero-order valence-corrected chi connectivity index (χ0v) is 17.4. The van der Waals surface area contributed by atoms with Gasteiger partial charge >= 0.3 is 0 Å². The van der Waals surface area contributed by atoms with Gasteiger partial charge < -0.3 is 10.7 Å². The van der Waals surface area contributed by atoms with Crippen LogP contribution in [-0.2, 0) is 14.6 Å². The molecule has 0 unspecified atom stereocenters. The second kappa shape index (κ2) is 7.57. The highest BCUT2D eigenvalue weighted by Gasteiger charge is 2.42. The number of nitrogen functional groups attached to an aromatic ring is 1. The number of hydrogen-bond donors (Lipinski definition) is 1. The van der Waals surface area contributed by atoms with E-state index in [-0.39, 0.29) is 35.2 Å². The zero-order valence-electron chi connectivity index (χ0n) is 15.0. The van der Waals surface area contributed by atoms with Gasteiger partial charge in [-0.2, -0.15) is 0 Å². The van der Waals surface area contributed by atoms with E-state index in [9.17, 15) is 13.2 Å². The molecule has 2 aliphatic rings. The number of thioether (sulfide) groups is 1. The van der Waals surface area contributed by atoms with E-state index in [4.69, 9.17) is 17.4 Å². The topological polar surface area (TPSA) is 111 Å². The molecule has 0 bridgehead atoms. The zero-order chi connectivity index (χ0) is 19.9. The molecule has 8 nitrogen and oxygen atoms in total. The van der Waals surface area contributed by atoms with E-state index in [1.54, 1.807) is 29.2 Å². The monoisotopic (exact) mass is 441 g/mol. The van der Waals surface area contributed by atoms with Crippen molar-refractivity contribution in [1.29, 1.82) is 0 Å². The summed E-state index contributed by atoms with van der Waals surface area (Å²) in [7, 11) is -3.04. The fraction of sp³-hybridized carbons (Fsp3) is 0.471. The molecule has 2 aromatic rings. The number of benzene rings is 1. The molecule has 28 heavy (non-hydrogen) atoms. The van der Waals surface area contributed by atoms with Crippen molar-refractivity contribution in [3.05, 3.63) is 29.3 Å². The lowest BCUT2D eigenvalue weighted by atomic mass is 10.2. The van der Waals surface area contributed by atoms with Gasteiger partial charge in [-0.1, -0.05) is 23.4 Å². The maximum atomic E-state index is 12.8. The van der Waals surface area contributed by atoms with Crippen molar-refractivity contribution in [3.63, 3.8) is 0 Å². The van der Waals surface area contributed by atoms with Gasteiger partial charge in [0.25, 0.3) is 0 Å². The van der Waals surface area contributed by atoms with Crippen molar-refractivity contribution in [1.82, 2.24) is 19.8 Å². The molecule has 1 saturated heterocycles. The summed E-state index contributed by atoms with van der Waals surface area (Å²) < 4.78 is 25.0. The minimum absolute atomic E-state index is 0.0632. The SMILES string of the molecule is Nn1c(SCC(=O)N(C2CC2)[C@@H]2CCS(=O)(=O)C2)nnc1-c1ccc(Cl)cc1. The Labute approximate surface area is 172 Å². The molecule has 2 heterocycles. The molecule has 1 atom stereocenters. The summed E-state index contributed by atoms with van der Waals surface area (Å²) >= 11 is 7.11. The fourth-order valence-electron chi connectivity index (χ4n) is 3.42. The normalized spacial score (nSPS) is 21.0. The number of carbonyl (C=O) groups excluding carboxylic acids is 1. The number of nitrogens with two attached hydrogens (primary N) is 1. The second-order valence-electron chi connectivity index (χ2n) is 7.06. The van der Waals surface area contributed by atoms with Crippen molar-refractivity contribution in [2.75, 3.05) is 23.1 Å². The first-order chi connectivity index (χ1) is 13.3. The summed E-state index contributed by atoms with van der Waals surface area (Å²) in [5, 5.41) is 9.22. The predicted molar refractivity (Wildman–Crippen MR) is 108 cm³/mol. The Morgan fingerprint density at radius 3 is 2.54 bits per heavy atom. The van der Waals surface area contributed by atoms with Crippen molar-refractivity contribution in [2.45, 2.75) is 36.5 Å². The van der Waals surface area contributed by atoms with Gasteiger partial charge in [0.15, 0.2) is 15.7 Å².